The van der Waals surface area contributed by atoms with Crippen molar-refractivity contribution in [3.8, 4) is 0 Å². The highest BCUT2D eigenvalue weighted by molar-refractivity contribution is 6.04. The Bertz CT molecular complexity index is 947. The summed E-state index contributed by atoms with van der Waals surface area (Å²) < 4.78 is 5.32. The van der Waals surface area contributed by atoms with Gasteiger partial charge in [0, 0.05) is 32.4 Å². The van der Waals surface area contributed by atoms with E-state index < -0.39 is 0 Å². The Morgan fingerprint density at radius 1 is 1.41 bits per heavy atom. The summed E-state index contributed by atoms with van der Waals surface area (Å²) in [7, 11) is 0. The number of carbonyl (C=O) groups excluding carboxylic acids is 2. The molecule has 0 aliphatic carbocycles. The largest absolute Gasteiger partial charge is 0.379 e. The highest BCUT2D eigenvalue weighted by Crippen LogP contribution is 2.26. The molecule has 2 fully saturated rings. The van der Waals surface area contributed by atoms with Crippen molar-refractivity contribution in [2.24, 2.45) is 0 Å². The lowest BCUT2D eigenvalue weighted by Gasteiger charge is -2.47. The lowest BCUT2D eigenvalue weighted by molar-refractivity contribution is -0.131. The van der Waals surface area contributed by atoms with Crippen LogP contribution in [-0.2, 0) is 9.53 Å². The monoisotopic (exact) mass is 398 g/mol. The quantitative estimate of drug-likeness (QED) is 0.748. The molecule has 0 saturated carbocycles. The number of nitrogens with one attached hydrogen (secondary N) is 2. The van der Waals surface area contributed by atoms with Gasteiger partial charge in [0.2, 0.25) is 5.91 Å². The van der Waals surface area contributed by atoms with Crippen LogP contribution in [0.4, 0.5) is 5.82 Å². The van der Waals surface area contributed by atoms with Crippen molar-refractivity contribution in [2.45, 2.75) is 31.8 Å². The van der Waals surface area contributed by atoms with E-state index in [1.807, 2.05) is 18.7 Å². The fourth-order valence-electron chi connectivity index (χ4n) is 3.99. The minimum atomic E-state index is -0.374. The molecule has 2 aliphatic rings. The number of ether oxygens (including phenoxy) is 1. The van der Waals surface area contributed by atoms with Gasteiger partial charge in [0.1, 0.15) is 11.3 Å². The lowest BCUT2D eigenvalue weighted by atomic mass is 9.98. The van der Waals surface area contributed by atoms with Crippen LogP contribution in [0.5, 0.6) is 0 Å². The number of H-pyrrole nitrogens is 1. The second-order valence-corrected chi connectivity index (χ2v) is 8.09. The smallest absolute Gasteiger partial charge is 0.255 e. The number of carbonyl (C=O) groups is 2. The fourth-order valence-corrected chi connectivity index (χ4v) is 3.99. The first kappa shape index (κ1) is 19.4. The van der Waals surface area contributed by atoms with Gasteiger partial charge in [0.15, 0.2) is 5.65 Å². The van der Waals surface area contributed by atoms with Crippen LogP contribution >= 0.6 is 0 Å². The molecule has 0 aromatic carbocycles. The number of nitrogens with zero attached hydrogens (tertiary/aromatic N) is 4. The highest BCUT2D eigenvalue weighted by atomic mass is 16.5. The van der Waals surface area contributed by atoms with Crippen molar-refractivity contribution < 1.29 is 14.3 Å². The molecule has 29 heavy (non-hydrogen) atoms. The van der Waals surface area contributed by atoms with Crippen LogP contribution in [-0.4, -0.2) is 76.1 Å². The van der Waals surface area contributed by atoms with Gasteiger partial charge in [0.25, 0.3) is 5.91 Å². The average molecular weight is 398 g/mol. The number of aromatic nitrogens is 3. The van der Waals surface area contributed by atoms with E-state index >= 15 is 0 Å². The van der Waals surface area contributed by atoms with Gasteiger partial charge in [-0.25, -0.2) is 9.97 Å². The van der Waals surface area contributed by atoms with Crippen molar-refractivity contribution in [3.05, 3.63) is 30.6 Å². The molecule has 2 aliphatic heterocycles. The number of rotatable bonds is 4. The van der Waals surface area contributed by atoms with E-state index in [2.05, 4.69) is 26.8 Å². The summed E-state index contributed by atoms with van der Waals surface area (Å²) in [4.78, 5) is 40.9. The molecule has 2 aromatic rings. The van der Waals surface area contributed by atoms with Gasteiger partial charge in [-0.2, -0.15) is 0 Å². The molecule has 0 radical (unpaired) electrons. The maximum absolute atomic E-state index is 12.7. The van der Waals surface area contributed by atoms with Gasteiger partial charge in [-0.3, -0.25) is 9.59 Å². The van der Waals surface area contributed by atoms with E-state index in [-0.39, 0.29) is 23.4 Å². The van der Waals surface area contributed by atoms with Crippen molar-refractivity contribution in [1.29, 1.82) is 0 Å². The Kier molecular flexibility index (Phi) is 4.99. The Morgan fingerprint density at radius 3 is 2.93 bits per heavy atom. The predicted octanol–water partition coefficient (Wildman–Crippen LogP) is 1.09. The molecule has 9 nitrogen and oxygen atoms in total. The molecule has 0 unspecified atom stereocenters. The fraction of sp³-hybridized carbons (Fsp3) is 0.500. The van der Waals surface area contributed by atoms with E-state index in [1.165, 1.54) is 6.08 Å². The predicted molar refractivity (Wildman–Crippen MR) is 109 cm³/mol. The van der Waals surface area contributed by atoms with Crippen LogP contribution in [0, 0.1) is 0 Å². The van der Waals surface area contributed by atoms with Crippen LogP contribution in [0.2, 0.25) is 0 Å². The molecule has 2 saturated heterocycles. The maximum Gasteiger partial charge on any atom is 0.255 e. The molecular weight excluding hydrogens is 372 g/mol. The first-order valence-electron chi connectivity index (χ1n) is 9.81. The van der Waals surface area contributed by atoms with Crippen LogP contribution in [0.25, 0.3) is 11.2 Å². The second-order valence-electron chi connectivity index (χ2n) is 8.09. The third kappa shape index (κ3) is 3.69. The summed E-state index contributed by atoms with van der Waals surface area (Å²) in [5.41, 5.74) is 1.21. The van der Waals surface area contributed by atoms with Crippen LogP contribution in [0.3, 0.4) is 0 Å². The molecule has 9 heteroatoms. The summed E-state index contributed by atoms with van der Waals surface area (Å²) in [5.74, 6) is 0.436. The maximum atomic E-state index is 12.7. The zero-order chi connectivity index (χ0) is 20.6. The standard InChI is InChI=1S/C20H26N6O3/c1-4-16(27)26-7-6-25(12-20(26,2)3)15-10-22-18-17(24-15)14(9-21-18)19(28)23-13-5-8-29-11-13/h4,9-10,13H,1,5-8,11-12H2,2-3H3,(H,21,22)(H,23,28)/t13-/m0/s1. The molecule has 0 bridgehead atoms. The first-order chi connectivity index (χ1) is 13.9. The van der Waals surface area contributed by atoms with Gasteiger partial charge in [-0.15, -0.1) is 0 Å². The number of fused-ring (bicyclic) bond motifs is 1. The summed E-state index contributed by atoms with van der Waals surface area (Å²) in [6.07, 6.45) is 5.51. The van der Waals surface area contributed by atoms with Crippen LogP contribution < -0.4 is 10.2 Å². The SMILES string of the molecule is C=CC(=O)N1CCN(c2cnc3[nH]cc(C(=O)N[C@H]4CCOC4)c3n2)CC1(C)C. The number of piperazine rings is 1. The molecule has 4 rings (SSSR count). The molecule has 2 N–H and O–H groups in total. The number of anilines is 1. The van der Waals surface area contributed by atoms with E-state index in [4.69, 9.17) is 9.72 Å². The van der Waals surface area contributed by atoms with Gasteiger partial charge in [-0.1, -0.05) is 6.58 Å². The normalized spacial score (nSPS) is 21.4. The zero-order valence-electron chi connectivity index (χ0n) is 16.8. The van der Waals surface area contributed by atoms with E-state index in [9.17, 15) is 9.59 Å². The summed E-state index contributed by atoms with van der Waals surface area (Å²) in [6.45, 7) is 10.6. The Labute approximate surface area is 169 Å². The summed E-state index contributed by atoms with van der Waals surface area (Å²) in [5, 5.41) is 2.99. The topological polar surface area (TPSA) is 103 Å². The van der Waals surface area contributed by atoms with Gasteiger partial charge >= 0.3 is 0 Å². The summed E-state index contributed by atoms with van der Waals surface area (Å²) >= 11 is 0. The van der Waals surface area contributed by atoms with E-state index in [0.717, 1.165) is 6.42 Å². The van der Waals surface area contributed by atoms with Gasteiger partial charge < -0.3 is 24.8 Å². The highest BCUT2D eigenvalue weighted by Gasteiger charge is 2.36. The van der Waals surface area contributed by atoms with Crippen molar-refractivity contribution in [3.63, 3.8) is 0 Å². The van der Waals surface area contributed by atoms with Crippen LogP contribution in [0.1, 0.15) is 30.6 Å². The Hall–Kier alpha value is -2.94. The minimum Gasteiger partial charge on any atom is -0.379 e. The van der Waals surface area contributed by atoms with Crippen molar-refractivity contribution in [1.82, 2.24) is 25.2 Å². The number of hydrogen-bond acceptors (Lipinski definition) is 6. The van der Waals surface area contributed by atoms with E-state index in [1.54, 1.807) is 12.4 Å². The van der Waals surface area contributed by atoms with E-state index in [0.29, 0.717) is 55.4 Å². The molecular formula is C20H26N6O3. The Morgan fingerprint density at radius 2 is 2.24 bits per heavy atom. The molecule has 4 heterocycles. The third-order valence-electron chi connectivity index (χ3n) is 5.54. The Balaban J connectivity index is 1.56. The second kappa shape index (κ2) is 7.47. The number of hydrogen-bond donors (Lipinski definition) is 2. The molecule has 1 atom stereocenters. The third-order valence-corrected chi connectivity index (χ3v) is 5.54. The van der Waals surface area contributed by atoms with Gasteiger partial charge in [-0.05, 0) is 26.3 Å². The first-order valence-corrected chi connectivity index (χ1v) is 9.81. The van der Waals surface area contributed by atoms with Gasteiger partial charge in [0.05, 0.1) is 29.9 Å². The number of aromatic amines is 1. The summed E-state index contributed by atoms with van der Waals surface area (Å²) in [6, 6.07) is 0.0277. The van der Waals surface area contributed by atoms with Crippen LogP contribution in [0.15, 0.2) is 25.0 Å². The zero-order valence-corrected chi connectivity index (χ0v) is 16.8. The molecule has 2 amide bonds. The molecule has 0 spiro atoms. The average Bonchev–Trinajstić information content (AvgIpc) is 3.35. The minimum absolute atomic E-state index is 0.0277. The number of amides is 2. The molecule has 2 aromatic heterocycles. The lowest BCUT2D eigenvalue weighted by Crippen LogP contribution is -2.61. The molecule has 154 valence electrons. The van der Waals surface area contributed by atoms with Crippen molar-refractivity contribution >= 4 is 28.8 Å². The van der Waals surface area contributed by atoms with Crippen molar-refractivity contribution in [2.75, 3.05) is 37.7 Å².